The lowest BCUT2D eigenvalue weighted by atomic mass is 10.1. The van der Waals surface area contributed by atoms with E-state index in [1.807, 2.05) is 24.3 Å². The first-order chi connectivity index (χ1) is 17.6. The van der Waals surface area contributed by atoms with Gasteiger partial charge < -0.3 is 19.7 Å². The third kappa shape index (κ3) is 10.2. The monoisotopic (exact) mass is 538 g/mol. The summed E-state index contributed by atoms with van der Waals surface area (Å²) in [6, 6.07) is 7.35. The normalized spacial score (nSPS) is 14.9. The van der Waals surface area contributed by atoms with Crippen LogP contribution in [0.1, 0.15) is 47.5 Å². The number of hydrogen-bond acceptors (Lipinski definition) is 9. The fourth-order valence-electron chi connectivity index (χ4n) is 3.90. The van der Waals surface area contributed by atoms with Crippen LogP contribution < -0.4 is 15.1 Å². The van der Waals surface area contributed by atoms with Gasteiger partial charge in [0, 0.05) is 35.9 Å². The molecule has 2 rings (SSSR count). The quantitative estimate of drug-likeness (QED) is 0.214. The molecule has 1 aromatic carbocycles. The van der Waals surface area contributed by atoms with Crippen LogP contribution in [0.3, 0.4) is 0 Å². The van der Waals surface area contributed by atoms with Gasteiger partial charge in [0.25, 0.3) is 0 Å². The summed E-state index contributed by atoms with van der Waals surface area (Å²) in [6.45, 7) is 11.9. The molecule has 0 spiro atoms. The second-order valence-electron chi connectivity index (χ2n) is 9.22. The van der Waals surface area contributed by atoms with Crippen molar-refractivity contribution < 1.29 is 27.9 Å². The number of carbonyl (C=O) groups excluding carboxylic acids is 1. The first-order valence-corrected chi connectivity index (χ1v) is 14.3. The number of benzene rings is 1. The van der Waals surface area contributed by atoms with Crippen LogP contribution in [0.15, 0.2) is 30.5 Å². The van der Waals surface area contributed by atoms with Gasteiger partial charge in [-0.2, -0.15) is 0 Å². The highest BCUT2D eigenvalue weighted by Gasteiger charge is 2.31. The number of esters is 1. The highest BCUT2D eigenvalue weighted by atomic mass is 31.2. The Kier molecular flexibility index (Phi) is 12.8. The van der Waals surface area contributed by atoms with E-state index < -0.39 is 19.8 Å². The SMILES string of the molecule is CCN(CCC[C@@H](C)Nc1ccnc2cc(OC)ccc12)CCOP(=O)(N[C@@H](C)C(=O)OC)OC(C)C. The Morgan fingerprint density at radius 3 is 2.54 bits per heavy atom. The van der Waals surface area contributed by atoms with Crippen LogP contribution in [0.4, 0.5) is 5.69 Å². The van der Waals surface area contributed by atoms with E-state index in [-0.39, 0.29) is 18.8 Å². The van der Waals surface area contributed by atoms with Crippen LogP contribution in [0, 0.1) is 0 Å². The smallest absolute Gasteiger partial charge is 0.406 e. The third-order valence-corrected chi connectivity index (χ3v) is 7.76. The molecule has 0 aliphatic rings. The summed E-state index contributed by atoms with van der Waals surface area (Å²) in [5.74, 6) is 0.253. The van der Waals surface area contributed by atoms with Crippen molar-refractivity contribution >= 4 is 30.3 Å². The molecule has 1 unspecified atom stereocenters. The Bertz CT molecular complexity index is 1040. The number of hydrogen-bond donors (Lipinski definition) is 2. The van der Waals surface area contributed by atoms with Gasteiger partial charge in [0.1, 0.15) is 11.8 Å². The maximum absolute atomic E-state index is 13.1. The summed E-state index contributed by atoms with van der Waals surface area (Å²) in [6.07, 6.45) is 3.43. The molecule has 2 aromatic rings. The molecule has 1 aromatic heterocycles. The summed E-state index contributed by atoms with van der Waals surface area (Å²) in [7, 11) is -0.742. The number of nitrogens with one attached hydrogen (secondary N) is 2. The fourth-order valence-corrected chi connectivity index (χ4v) is 5.55. The highest BCUT2D eigenvalue weighted by molar-refractivity contribution is 7.51. The van der Waals surface area contributed by atoms with Crippen molar-refractivity contribution in [2.45, 2.75) is 65.6 Å². The molecule has 2 N–H and O–H groups in total. The predicted molar refractivity (Wildman–Crippen MR) is 147 cm³/mol. The van der Waals surface area contributed by atoms with Crippen molar-refractivity contribution in [3.05, 3.63) is 30.5 Å². The van der Waals surface area contributed by atoms with Crippen molar-refractivity contribution in [3.63, 3.8) is 0 Å². The lowest BCUT2D eigenvalue weighted by Crippen LogP contribution is -2.35. The molecule has 0 fully saturated rings. The topological polar surface area (TPSA) is 111 Å². The van der Waals surface area contributed by atoms with Crippen molar-refractivity contribution in [2.24, 2.45) is 0 Å². The van der Waals surface area contributed by atoms with Crippen molar-refractivity contribution in [3.8, 4) is 5.75 Å². The van der Waals surface area contributed by atoms with Gasteiger partial charge in [0.2, 0.25) is 0 Å². The fraction of sp³-hybridized carbons (Fsp3) is 0.615. The number of anilines is 1. The summed E-state index contributed by atoms with van der Waals surface area (Å²) < 4.78 is 34.3. The molecule has 0 bridgehead atoms. The van der Waals surface area contributed by atoms with Gasteiger partial charge in [0.05, 0.1) is 32.4 Å². The van der Waals surface area contributed by atoms with Gasteiger partial charge in [-0.15, -0.1) is 0 Å². The van der Waals surface area contributed by atoms with E-state index in [1.165, 1.54) is 7.11 Å². The summed E-state index contributed by atoms with van der Waals surface area (Å²) in [4.78, 5) is 18.4. The Balaban J connectivity index is 1.83. The molecule has 208 valence electrons. The van der Waals surface area contributed by atoms with E-state index in [0.717, 1.165) is 48.3 Å². The van der Waals surface area contributed by atoms with Gasteiger partial charge >= 0.3 is 13.7 Å². The number of ether oxygens (including phenoxy) is 2. The molecule has 0 saturated heterocycles. The number of pyridine rings is 1. The zero-order valence-corrected chi connectivity index (χ0v) is 24.0. The minimum absolute atomic E-state index is 0.207. The number of likely N-dealkylation sites (N-methyl/N-ethyl adjacent to an activating group) is 1. The van der Waals surface area contributed by atoms with Crippen LogP contribution in [0.5, 0.6) is 5.75 Å². The number of carbonyl (C=O) groups is 1. The van der Waals surface area contributed by atoms with Crippen LogP contribution in [-0.4, -0.2) is 74.5 Å². The largest absolute Gasteiger partial charge is 0.497 e. The van der Waals surface area contributed by atoms with Gasteiger partial charge in [-0.3, -0.25) is 18.8 Å². The molecule has 0 radical (unpaired) electrons. The van der Waals surface area contributed by atoms with Gasteiger partial charge in [-0.05, 0) is 71.8 Å². The van der Waals surface area contributed by atoms with E-state index in [4.69, 9.17) is 18.5 Å². The van der Waals surface area contributed by atoms with Gasteiger partial charge in [-0.25, -0.2) is 9.65 Å². The average molecular weight is 539 g/mol. The van der Waals surface area contributed by atoms with E-state index in [0.29, 0.717) is 6.54 Å². The molecule has 37 heavy (non-hydrogen) atoms. The van der Waals surface area contributed by atoms with Crippen molar-refractivity contribution in [1.82, 2.24) is 15.0 Å². The molecular weight excluding hydrogens is 495 g/mol. The molecule has 11 heteroatoms. The molecule has 0 aliphatic carbocycles. The molecule has 3 atom stereocenters. The molecule has 1 heterocycles. The molecule has 10 nitrogen and oxygen atoms in total. The van der Waals surface area contributed by atoms with E-state index in [1.54, 1.807) is 34.1 Å². The molecular formula is C26H43N4O6P. The standard InChI is InChI=1S/C26H43N4O6P/c1-8-30(16-17-35-37(32,36-19(2)3)29-21(5)26(31)34-7)15-9-10-20(4)28-24-13-14-27-25-18-22(33-6)11-12-23(24)25/h11-14,18-21H,8-10,15-17H2,1-7H3,(H,27,28)(H,29,32)/t20-,21+,37?/m1/s1. The van der Waals surface area contributed by atoms with Crippen LogP contribution >= 0.6 is 7.75 Å². The molecule has 0 aliphatic heterocycles. The van der Waals surface area contributed by atoms with Crippen LogP contribution in [-0.2, 0) is 23.1 Å². The summed E-state index contributed by atoms with van der Waals surface area (Å²) in [5.41, 5.74) is 1.94. The Morgan fingerprint density at radius 2 is 1.89 bits per heavy atom. The Morgan fingerprint density at radius 1 is 1.14 bits per heavy atom. The number of fused-ring (bicyclic) bond motifs is 1. The summed E-state index contributed by atoms with van der Waals surface area (Å²) >= 11 is 0. The third-order valence-electron chi connectivity index (χ3n) is 5.84. The lowest BCUT2D eigenvalue weighted by molar-refractivity contribution is -0.142. The Hall–Kier alpha value is -2.23. The van der Waals surface area contributed by atoms with Gasteiger partial charge in [0.15, 0.2) is 0 Å². The number of aromatic nitrogens is 1. The van der Waals surface area contributed by atoms with Gasteiger partial charge in [-0.1, -0.05) is 6.92 Å². The Labute approximate surface area is 221 Å². The number of rotatable bonds is 17. The molecule has 0 amide bonds. The van der Waals surface area contributed by atoms with E-state index in [2.05, 4.69) is 34.1 Å². The van der Waals surface area contributed by atoms with E-state index in [9.17, 15) is 9.36 Å². The predicted octanol–water partition coefficient (Wildman–Crippen LogP) is 4.85. The second kappa shape index (κ2) is 15.2. The second-order valence-corrected chi connectivity index (χ2v) is 10.9. The van der Waals surface area contributed by atoms with Crippen LogP contribution in [0.25, 0.3) is 10.9 Å². The first-order valence-electron chi connectivity index (χ1n) is 12.8. The zero-order valence-electron chi connectivity index (χ0n) is 23.2. The molecule has 0 saturated carbocycles. The maximum Gasteiger partial charge on any atom is 0.406 e. The van der Waals surface area contributed by atoms with Crippen molar-refractivity contribution in [1.29, 1.82) is 0 Å². The minimum atomic E-state index is -3.67. The minimum Gasteiger partial charge on any atom is -0.497 e. The number of nitrogens with zero attached hydrogens (tertiary/aromatic N) is 2. The zero-order chi connectivity index (χ0) is 27.4. The number of methoxy groups -OCH3 is 2. The van der Waals surface area contributed by atoms with Crippen molar-refractivity contribution in [2.75, 3.05) is 45.8 Å². The maximum atomic E-state index is 13.1. The average Bonchev–Trinajstić information content (AvgIpc) is 2.86. The van der Waals surface area contributed by atoms with E-state index >= 15 is 0 Å². The first kappa shape index (κ1) is 31.0. The van der Waals surface area contributed by atoms with Crippen LogP contribution in [0.2, 0.25) is 0 Å². The summed E-state index contributed by atoms with van der Waals surface area (Å²) in [5, 5.41) is 7.33. The lowest BCUT2D eigenvalue weighted by Gasteiger charge is -2.26. The highest BCUT2D eigenvalue weighted by Crippen LogP contribution is 2.45.